The lowest BCUT2D eigenvalue weighted by molar-refractivity contribution is -0.121. The van der Waals surface area contributed by atoms with Crippen molar-refractivity contribution in [3.8, 4) is 0 Å². The number of H-pyrrole nitrogens is 1. The number of aromatic amines is 1. The van der Waals surface area contributed by atoms with Crippen LogP contribution < -0.4 is 4.90 Å². The fourth-order valence-corrected chi connectivity index (χ4v) is 4.90. The van der Waals surface area contributed by atoms with Crippen LogP contribution in [-0.4, -0.2) is 43.7 Å². The van der Waals surface area contributed by atoms with Crippen LogP contribution in [0.5, 0.6) is 0 Å². The van der Waals surface area contributed by atoms with E-state index in [0.29, 0.717) is 16.6 Å². The summed E-state index contributed by atoms with van der Waals surface area (Å²) in [6, 6.07) is 15.1. The molecule has 0 saturated carbocycles. The Morgan fingerprint density at radius 3 is 2.47 bits per heavy atom. The maximum absolute atomic E-state index is 12.9. The highest BCUT2D eigenvalue weighted by Gasteiger charge is 2.32. The van der Waals surface area contributed by atoms with Gasteiger partial charge in [0.25, 0.3) is 5.91 Å². The zero-order valence-electron chi connectivity index (χ0n) is 15.6. The maximum Gasteiger partial charge on any atom is 0.356 e. The Morgan fingerprint density at radius 2 is 1.80 bits per heavy atom. The van der Waals surface area contributed by atoms with Gasteiger partial charge in [-0.3, -0.25) is 4.79 Å². The molecular formula is C21H17ClN2O5S. The lowest BCUT2D eigenvalue weighted by atomic mass is 10.2. The zero-order chi connectivity index (χ0) is 21.3. The molecule has 2 aromatic carbocycles. The van der Waals surface area contributed by atoms with E-state index in [1.807, 2.05) is 0 Å². The molecule has 2 heterocycles. The Kier molecular flexibility index (Phi) is 5.36. The predicted molar refractivity (Wildman–Crippen MR) is 114 cm³/mol. The van der Waals surface area contributed by atoms with Crippen LogP contribution in [0.3, 0.4) is 0 Å². The summed E-state index contributed by atoms with van der Waals surface area (Å²) in [6.45, 7) is -0.566. The highest BCUT2D eigenvalue weighted by Crippen LogP contribution is 2.28. The summed E-state index contributed by atoms with van der Waals surface area (Å²) >= 11 is 6.26. The van der Waals surface area contributed by atoms with Crippen molar-refractivity contribution in [2.24, 2.45) is 0 Å². The van der Waals surface area contributed by atoms with E-state index < -0.39 is 34.4 Å². The Labute approximate surface area is 177 Å². The molecule has 0 fully saturated rings. The number of ether oxygens (including phenoxy) is 1. The molecule has 154 valence electrons. The minimum absolute atomic E-state index is 0.0558. The average Bonchev–Trinajstić information content (AvgIpc) is 3.26. The molecule has 1 unspecified atom stereocenters. The first-order valence-corrected chi connectivity index (χ1v) is 11.2. The van der Waals surface area contributed by atoms with E-state index in [2.05, 4.69) is 4.98 Å². The fourth-order valence-electron chi connectivity index (χ4n) is 3.35. The molecule has 7 nitrogen and oxygen atoms in total. The number of hydrogen-bond donors (Lipinski definition) is 1. The standard InChI is InChI=1S/C21H17ClN2O5S/c22-19-16-8-4-5-9-17(16)23-20(19)21(26)29-12-18(25)24(14-6-2-1-3-7-14)15-10-11-30(27,28)13-15/h1-11,15,23H,12-13H2. The number of nitrogens with zero attached hydrogens (tertiary/aromatic N) is 1. The highest BCUT2D eigenvalue weighted by molar-refractivity contribution is 7.94. The molecule has 0 aliphatic carbocycles. The van der Waals surface area contributed by atoms with Crippen LogP contribution in [0, 0.1) is 0 Å². The van der Waals surface area contributed by atoms with Crippen LogP contribution in [-0.2, 0) is 19.4 Å². The number of nitrogens with one attached hydrogen (secondary N) is 1. The number of benzene rings is 2. The van der Waals surface area contributed by atoms with Crippen LogP contribution in [0.15, 0.2) is 66.1 Å². The minimum Gasteiger partial charge on any atom is -0.451 e. The molecule has 1 atom stereocenters. The molecule has 1 N–H and O–H groups in total. The first-order valence-electron chi connectivity index (χ1n) is 9.07. The third-order valence-electron chi connectivity index (χ3n) is 4.72. The summed E-state index contributed by atoms with van der Waals surface area (Å²) < 4.78 is 28.9. The van der Waals surface area contributed by atoms with Gasteiger partial charge in [0, 0.05) is 22.0 Å². The second-order valence-corrected chi connectivity index (χ2v) is 9.07. The van der Waals surface area contributed by atoms with Crippen molar-refractivity contribution in [3.05, 3.63) is 76.8 Å². The zero-order valence-corrected chi connectivity index (χ0v) is 17.2. The van der Waals surface area contributed by atoms with Crippen LogP contribution in [0.4, 0.5) is 5.69 Å². The molecule has 0 radical (unpaired) electrons. The monoisotopic (exact) mass is 444 g/mol. The van der Waals surface area contributed by atoms with E-state index in [1.165, 1.54) is 11.0 Å². The van der Waals surface area contributed by atoms with Crippen molar-refractivity contribution < 1.29 is 22.7 Å². The summed E-state index contributed by atoms with van der Waals surface area (Å²) in [5.41, 5.74) is 1.24. The number of hydrogen-bond acceptors (Lipinski definition) is 5. The normalized spacial score (nSPS) is 17.2. The van der Waals surface area contributed by atoms with E-state index in [9.17, 15) is 18.0 Å². The molecule has 30 heavy (non-hydrogen) atoms. The van der Waals surface area contributed by atoms with E-state index in [4.69, 9.17) is 16.3 Å². The van der Waals surface area contributed by atoms with Crippen LogP contribution in [0.2, 0.25) is 5.02 Å². The number of aromatic nitrogens is 1. The lowest BCUT2D eigenvalue weighted by Crippen LogP contribution is -2.43. The van der Waals surface area contributed by atoms with Crippen LogP contribution >= 0.6 is 11.6 Å². The van der Waals surface area contributed by atoms with Gasteiger partial charge in [-0.15, -0.1) is 0 Å². The third kappa shape index (κ3) is 3.96. The van der Waals surface area contributed by atoms with E-state index in [0.717, 1.165) is 5.41 Å². The SMILES string of the molecule is O=C(OCC(=O)N(c1ccccc1)C1C=CS(=O)(=O)C1)c1[nH]c2ccccc2c1Cl. The van der Waals surface area contributed by atoms with E-state index >= 15 is 0 Å². The summed E-state index contributed by atoms with van der Waals surface area (Å²) in [6.07, 6.45) is 1.45. The van der Waals surface area contributed by atoms with Crippen molar-refractivity contribution in [2.75, 3.05) is 17.3 Å². The largest absolute Gasteiger partial charge is 0.451 e. The van der Waals surface area contributed by atoms with Gasteiger partial charge < -0.3 is 14.6 Å². The van der Waals surface area contributed by atoms with Gasteiger partial charge in [-0.1, -0.05) is 48.0 Å². The van der Waals surface area contributed by atoms with Gasteiger partial charge in [-0.05, 0) is 24.3 Å². The highest BCUT2D eigenvalue weighted by atomic mass is 35.5. The maximum atomic E-state index is 12.9. The molecule has 0 spiro atoms. The molecule has 3 aromatic rings. The Morgan fingerprint density at radius 1 is 1.10 bits per heavy atom. The quantitative estimate of drug-likeness (QED) is 0.609. The number of carbonyl (C=O) groups excluding carboxylic acids is 2. The van der Waals surface area contributed by atoms with Gasteiger partial charge in [0.15, 0.2) is 16.4 Å². The van der Waals surface area contributed by atoms with Gasteiger partial charge >= 0.3 is 5.97 Å². The third-order valence-corrected chi connectivity index (χ3v) is 6.49. The van der Waals surface area contributed by atoms with Gasteiger partial charge in [-0.2, -0.15) is 0 Å². The molecule has 1 aliphatic heterocycles. The average molecular weight is 445 g/mol. The number of fused-ring (bicyclic) bond motifs is 1. The van der Waals surface area contributed by atoms with Crippen molar-refractivity contribution in [2.45, 2.75) is 6.04 Å². The number of sulfone groups is 1. The van der Waals surface area contributed by atoms with E-state index in [1.54, 1.807) is 54.6 Å². The molecule has 0 bridgehead atoms. The summed E-state index contributed by atoms with van der Waals surface area (Å²) in [4.78, 5) is 29.6. The number of esters is 1. The minimum atomic E-state index is -3.38. The molecule has 4 rings (SSSR count). The van der Waals surface area contributed by atoms with Crippen LogP contribution in [0.1, 0.15) is 10.5 Å². The molecule has 1 amide bonds. The smallest absolute Gasteiger partial charge is 0.356 e. The molecule has 1 aromatic heterocycles. The second kappa shape index (κ2) is 7.97. The number of halogens is 1. The summed E-state index contributed by atoms with van der Waals surface area (Å²) in [7, 11) is -3.38. The van der Waals surface area contributed by atoms with Crippen molar-refractivity contribution in [1.29, 1.82) is 0 Å². The van der Waals surface area contributed by atoms with Gasteiger partial charge in [0.1, 0.15) is 5.69 Å². The van der Waals surface area contributed by atoms with Crippen LogP contribution in [0.25, 0.3) is 10.9 Å². The van der Waals surface area contributed by atoms with Gasteiger partial charge in [-0.25, -0.2) is 13.2 Å². The first kappa shape index (κ1) is 20.2. The summed E-state index contributed by atoms with van der Waals surface area (Å²) in [5.74, 6) is -1.55. The predicted octanol–water partition coefficient (Wildman–Crippen LogP) is 3.32. The molecule has 9 heteroatoms. The lowest BCUT2D eigenvalue weighted by Gasteiger charge is -2.27. The number of carbonyl (C=O) groups is 2. The Hall–Kier alpha value is -3.10. The topological polar surface area (TPSA) is 96.5 Å². The van der Waals surface area contributed by atoms with Crippen molar-refractivity contribution >= 4 is 49.9 Å². The number of para-hydroxylation sites is 2. The second-order valence-electron chi connectivity index (χ2n) is 6.76. The molecular weight excluding hydrogens is 428 g/mol. The Bertz CT molecular complexity index is 1250. The summed E-state index contributed by atoms with van der Waals surface area (Å²) in [5, 5.41) is 1.98. The van der Waals surface area contributed by atoms with Gasteiger partial charge in [0.05, 0.1) is 16.8 Å². The molecule has 1 aliphatic rings. The number of anilines is 1. The first-order chi connectivity index (χ1) is 14.4. The van der Waals surface area contributed by atoms with Gasteiger partial charge in [0.2, 0.25) is 0 Å². The molecule has 0 saturated heterocycles. The van der Waals surface area contributed by atoms with Crippen molar-refractivity contribution in [3.63, 3.8) is 0 Å². The van der Waals surface area contributed by atoms with Crippen molar-refractivity contribution in [1.82, 2.24) is 4.98 Å². The van der Waals surface area contributed by atoms with E-state index in [-0.39, 0.29) is 16.5 Å². The fraction of sp³-hybridized carbons (Fsp3) is 0.143. The number of amides is 1. The Balaban J connectivity index is 1.53. The number of rotatable bonds is 5.